The molecule has 1 aliphatic rings. The first-order chi connectivity index (χ1) is 15.9. The Bertz CT molecular complexity index is 1260. The molecule has 33 heavy (non-hydrogen) atoms. The highest BCUT2D eigenvalue weighted by Crippen LogP contribution is 2.34. The number of para-hydroxylation sites is 1. The Kier molecular flexibility index (Phi) is 6.50. The van der Waals surface area contributed by atoms with Gasteiger partial charge in [0.1, 0.15) is 18.2 Å². The molecule has 0 atom stereocenters. The highest BCUT2D eigenvalue weighted by Gasteiger charge is 2.36. The molecule has 1 aliphatic heterocycles. The van der Waals surface area contributed by atoms with Crippen LogP contribution in [0.4, 0.5) is 14.9 Å². The van der Waals surface area contributed by atoms with Gasteiger partial charge in [-0.2, -0.15) is 0 Å². The molecule has 166 valence electrons. The molecule has 2 amide bonds. The van der Waals surface area contributed by atoms with Crippen LogP contribution in [-0.4, -0.2) is 21.0 Å². The van der Waals surface area contributed by atoms with Crippen molar-refractivity contribution in [3.63, 3.8) is 0 Å². The zero-order valence-electron chi connectivity index (χ0n) is 17.1. The van der Waals surface area contributed by atoms with E-state index in [-0.39, 0.29) is 35.1 Å². The van der Waals surface area contributed by atoms with Gasteiger partial charge in [-0.25, -0.2) is 4.39 Å². The molecular weight excluding hydrogens is 447 g/mol. The second-order valence-electron chi connectivity index (χ2n) is 7.14. The third-order valence-corrected chi connectivity index (χ3v) is 5.77. The Morgan fingerprint density at radius 1 is 1.03 bits per heavy atom. The fourth-order valence-corrected chi connectivity index (χ4v) is 4.06. The summed E-state index contributed by atoms with van der Waals surface area (Å²) in [5, 5.41) is 10.7. The van der Waals surface area contributed by atoms with Crippen molar-refractivity contribution in [1.82, 2.24) is 4.90 Å². The fraction of sp³-hybridized carbons (Fsp3) is 0.0833. The first-order valence-corrected chi connectivity index (χ1v) is 10.7. The van der Waals surface area contributed by atoms with Crippen LogP contribution in [0.5, 0.6) is 5.75 Å². The van der Waals surface area contributed by atoms with Crippen molar-refractivity contribution in [3.8, 4) is 5.75 Å². The van der Waals surface area contributed by atoms with Crippen LogP contribution in [0.2, 0.25) is 0 Å². The quantitative estimate of drug-likeness (QED) is 0.259. The monoisotopic (exact) mass is 464 g/mol. The molecule has 0 unspecified atom stereocenters. The minimum atomic E-state index is -0.540. The molecule has 0 bridgehead atoms. The second kappa shape index (κ2) is 9.66. The number of benzene rings is 3. The minimum Gasteiger partial charge on any atom is -0.489 e. The van der Waals surface area contributed by atoms with E-state index in [2.05, 4.69) is 0 Å². The fourth-order valence-electron chi connectivity index (χ4n) is 3.22. The number of rotatable bonds is 7. The van der Waals surface area contributed by atoms with Crippen LogP contribution in [0, 0.1) is 15.9 Å². The van der Waals surface area contributed by atoms with Crippen molar-refractivity contribution >= 4 is 34.7 Å². The summed E-state index contributed by atoms with van der Waals surface area (Å²) in [5.41, 5.74) is 1.59. The molecule has 0 aliphatic carbocycles. The molecular formula is C24H17FN2O5S. The minimum absolute atomic E-state index is 0.147. The Hall–Kier alpha value is -3.98. The average Bonchev–Trinajstić information content (AvgIpc) is 3.06. The van der Waals surface area contributed by atoms with E-state index < -0.39 is 16.1 Å². The smallest absolute Gasteiger partial charge is 0.293 e. The molecule has 3 aromatic rings. The topological polar surface area (TPSA) is 89.8 Å². The van der Waals surface area contributed by atoms with Crippen LogP contribution >= 0.6 is 11.8 Å². The molecule has 1 heterocycles. The Labute approximate surface area is 192 Å². The molecule has 9 heteroatoms. The van der Waals surface area contributed by atoms with Crippen LogP contribution in [-0.2, 0) is 17.9 Å². The Balaban J connectivity index is 1.48. The van der Waals surface area contributed by atoms with Gasteiger partial charge in [0.2, 0.25) is 0 Å². The van der Waals surface area contributed by atoms with Crippen LogP contribution in [0.15, 0.2) is 77.7 Å². The molecule has 0 aromatic heterocycles. The molecule has 0 saturated carbocycles. The number of ether oxygens (including phenoxy) is 1. The third kappa shape index (κ3) is 5.27. The first-order valence-electron chi connectivity index (χ1n) is 9.86. The zero-order chi connectivity index (χ0) is 23.4. The van der Waals surface area contributed by atoms with Gasteiger partial charge in [-0.15, -0.1) is 0 Å². The molecule has 1 fully saturated rings. The van der Waals surface area contributed by atoms with E-state index in [1.54, 1.807) is 48.5 Å². The van der Waals surface area contributed by atoms with Crippen molar-refractivity contribution < 1.29 is 23.6 Å². The predicted octanol–water partition coefficient (Wildman–Crippen LogP) is 5.55. The summed E-state index contributed by atoms with van der Waals surface area (Å²) in [6, 6.07) is 19.0. The lowest BCUT2D eigenvalue weighted by molar-refractivity contribution is -0.385. The molecule has 4 rings (SSSR count). The van der Waals surface area contributed by atoms with Crippen molar-refractivity contribution in [2.24, 2.45) is 0 Å². The van der Waals surface area contributed by atoms with Gasteiger partial charge in [-0.3, -0.25) is 24.6 Å². The maximum absolute atomic E-state index is 13.0. The molecule has 0 N–H and O–H groups in total. The van der Waals surface area contributed by atoms with Crippen molar-refractivity contribution in [1.29, 1.82) is 0 Å². The molecule has 0 spiro atoms. The van der Waals surface area contributed by atoms with Gasteiger partial charge in [0.15, 0.2) is 0 Å². The van der Waals surface area contributed by atoms with E-state index >= 15 is 0 Å². The number of imide groups is 1. The van der Waals surface area contributed by atoms with E-state index in [1.165, 1.54) is 30.3 Å². The number of hydrogen-bond donors (Lipinski definition) is 0. The molecule has 1 saturated heterocycles. The normalized spacial score (nSPS) is 14.7. The molecule has 0 radical (unpaired) electrons. The van der Waals surface area contributed by atoms with E-state index in [0.717, 1.165) is 22.2 Å². The summed E-state index contributed by atoms with van der Waals surface area (Å²) in [4.78, 5) is 37.1. The van der Waals surface area contributed by atoms with Gasteiger partial charge < -0.3 is 4.74 Å². The SMILES string of the molecule is O=C1S/C(=C\c2cccc(OCc3ccc(F)cc3)c2)C(=O)N1Cc1ccccc1[N+](=O)[O-]. The van der Waals surface area contributed by atoms with E-state index in [0.29, 0.717) is 11.3 Å². The second-order valence-corrected chi connectivity index (χ2v) is 8.13. The highest BCUT2D eigenvalue weighted by molar-refractivity contribution is 8.18. The molecule has 3 aromatic carbocycles. The number of halogens is 1. The number of nitrogens with zero attached hydrogens (tertiary/aromatic N) is 2. The van der Waals surface area contributed by atoms with Gasteiger partial charge in [0.25, 0.3) is 16.8 Å². The number of carbonyl (C=O) groups excluding carboxylic acids is 2. The molecule has 7 nitrogen and oxygen atoms in total. The maximum atomic E-state index is 13.0. The van der Waals surface area contributed by atoms with Crippen LogP contribution in [0.25, 0.3) is 6.08 Å². The largest absolute Gasteiger partial charge is 0.489 e. The predicted molar refractivity (Wildman–Crippen MR) is 122 cm³/mol. The highest BCUT2D eigenvalue weighted by atomic mass is 32.2. The maximum Gasteiger partial charge on any atom is 0.293 e. The number of nitro benzene ring substituents is 1. The van der Waals surface area contributed by atoms with Crippen LogP contribution < -0.4 is 4.74 Å². The van der Waals surface area contributed by atoms with Gasteiger partial charge in [0, 0.05) is 11.6 Å². The zero-order valence-corrected chi connectivity index (χ0v) is 18.0. The lowest BCUT2D eigenvalue weighted by Crippen LogP contribution is -2.27. The summed E-state index contributed by atoms with van der Waals surface area (Å²) in [6.07, 6.45) is 1.58. The summed E-state index contributed by atoms with van der Waals surface area (Å²) < 4.78 is 18.8. The Morgan fingerprint density at radius 3 is 2.55 bits per heavy atom. The van der Waals surface area contributed by atoms with E-state index in [1.807, 2.05) is 0 Å². The first kappa shape index (κ1) is 22.2. The van der Waals surface area contributed by atoms with Crippen molar-refractivity contribution in [3.05, 3.63) is 110 Å². The van der Waals surface area contributed by atoms with Gasteiger partial charge >= 0.3 is 0 Å². The average molecular weight is 464 g/mol. The third-order valence-electron chi connectivity index (χ3n) is 4.86. The standard InChI is InChI=1S/C24H17FN2O5S/c25-19-10-8-16(9-11-19)15-32-20-6-3-4-17(12-20)13-22-23(28)26(24(29)33-22)14-18-5-1-2-7-21(18)27(30)31/h1-13H,14-15H2/b22-13-. The number of hydrogen-bond acceptors (Lipinski definition) is 6. The number of carbonyl (C=O) groups is 2. The number of amides is 2. The van der Waals surface area contributed by atoms with Gasteiger partial charge in [-0.1, -0.05) is 42.5 Å². The van der Waals surface area contributed by atoms with Crippen LogP contribution in [0.3, 0.4) is 0 Å². The lowest BCUT2D eigenvalue weighted by Gasteiger charge is -2.12. The summed E-state index contributed by atoms with van der Waals surface area (Å²) in [6.45, 7) is 0.0656. The van der Waals surface area contributed by atoms with Gasteiger partial charge in [-0.05, 0) is 53.2 Å². The Morgan fingerprint density at radius 2 is 1.79 bits per heavy atom. The number of nitro groups is 1. The lowest BCUT2D eigenvalue weighted by atomic mass is 10.1. The number of thioether (sulfide) groups is 1. The van der Waals surface area contributed by atoms with Crippen molar-refractivity contribution in [2.45, 2.75) is 13.2 Å². The summed E-state index contributed by atoms with van der Waals surface area (Å²) in [5.74, 6) is -0.287. The van der Waals surface area contributed by atoms with E-state index in [9.17, 15) is 24.1 Å². The summed E-state index contributed by atoms with van der Waals surface area (Å²) in [7, 11) is 0. The van der Waals surface area contributed by atoms with Crippen LogP contribution in [0.1, 0.15) is 16.7 Å². The summed E-state index contributed by atoms with van der Waals surface area (Å²) >= 11 is 0.780. The van der Waals surface area contributed by atoms with E-state index in [4.69, 9.17) is 4.74 Å². The van der Waals surface area contributed by atoms with Crippen molar-refractivity contribution in [2.75, 3.05) is 0 Å². The van der Waals surface area contributed by atoms with Gasteiger partial charge in [0.05, 0.1) is 16.4 Å².